The summed E-state index contributed by atoms with van der Waals surface area (Å²) in [5.41, 5.74) is 6.21. The van der Waals surface area contributed by atoms with E-state index < -0.39 is 126 Å². The summed E-state index contributed by atoms with van der Waals surface area (Å²) in [5, 5.41) is 28.8. The zero-order chi connectivity index (χ0) is 87.1. The molecule has 1 unspecified atom stereocenters. The summed E-state index contributed by atoms with van der Waals surface area (Å²) in [4.78, 5) is 217. The van der Waals surface area contributed by atoms with E-state index in [0.717, 1.165) is 22.1 Å². The van der Waals surface area contributed by atoms with Crippen LogP contribution < -0.4 is 53.2 Å². The molecule has 34 nitrogen and oxygen atoms in total. The standard InChI is InChI=1S/C86H120N18O16/c1-12-24-52(7)76(108)96-66(28-16-5)80(112)100-68(82(114)99-67(29-17-6)81(113)98-64(26-14-3)78(110)88-41-23-43-104-49-56-45-54(35-37-58(56)90-70(86(104)118)47-75(107)120-11)84(116)102(9)51-72-93-61-32-20-21-33-62(61)94-72)38-39-73(105)95-65(27-15-4)79(111)97-63(25-13-2)77(109)87-40-22-42-103-48-55-44-53(34-36-57(55)89-69(85(103)117)46-74(106)119-10)83(115)101(8)50-71-91-59-30-18-19-31-60(59)92-71/h18-21,30-37,44-45,52,63-70,89-90H,12-17,22-29,38-43,46-51H2,1-11H3,(H,87,109)(H,88,110)(H,91,92)(H,93,94)(H,95,105)(H,96,108)(H,97,111)(H,98,113)(H,99,114)(H,100,112)/t52-,63-,64-,65-,66-,67-,68?,69-,70-/m0/s1. The molecule has 0 bridgehead atoms. The average Bonchev–Trinajstić information content (AvgIpc) is 1.65. The number of aromatic nitrogens is 4. The number of fused-ring (bicyclic) bond motifs is 4. The van der Waals surface area contributed by atoms with Crippen LogP contribution in [0.5, 0.6) is 0 Å². The first-order valence-corrected chi connectivity index (χ1v) is 41.9. The number of nitrogens with zero attached hydrogens (tertiary/aromatic N) is 6. The van der Waals surface area contributed by atoms with Crippen LogP contribution in [0.15, 0.2) is 84.9 Å². The third-order valence-corrected chi connectivity index (χ3v) is 21.2. The Morgan fingerprint density at radius 3 is 1.18 bits per heavy atom. The van der Waals surface area contributed by atoms with Gasteiger partial charge in [-0.25, -0.2) is 9.97 Å². The number of para-hydroxylation sites is 4. The third kappa shape index (κ3) is 26.8. The monoisotopic (exact) mass is 1660 g/mol. The molecule has 0 saturated carbocycles. The van der Waals surface area contributed by atoms with Crippen molar-refractivity contribution in [3.8, 4) is 0 Å². The highest BCUT2D eigenvalue weighted by molar-refractivity contribution is 5.99. The highest BCUT2D eigenvalue weighted by atomic mass is 16.5. The maximum atomic E-state index is 14.8. The average molecular weight is 1660 g/mol. The fraction of sp³-hybridized carbons (Fsp3) is 0.535. The molecule has 120 heavy (non-hydrogen) atoms. The van der Waals surface area contributed by atoms with Gasteiger partial charge in [-0.05, 0) is 130 Å². The molecule has 2 aromatic heterocycles. The lowest BCUT2D eigenvalue weighted by Crippen LogP contribution is -2.58. The van der Waals surface area contributed by atoms with Crippen molar-refractivity contribution < 1.29 is 76.6 Å². The van der Waals surface area contributed by atoms with Crippen LogP contribution in [0, 0.1) is 5.92 Å². The van der Waals surface area contributed by atoms with Gasteiger partial charge in [-0.2, -0.15) is 0 Å². The molecule has 0 radical (unpaired) electrons. The summed E-state index contributed by atoms with van der Waals surface area (Å²) in [6.45, 7) is 13.6. The van der Waals surface area contributed by atoms with E-state index in [9.17, 15) is 67.1 Å². The van der Waals surface area contributed by atoms with Crippen molar-refractivity contribution in [3.63, 3.8) is 0 Å². The Labute approximate surface area is 700 Å². The number of rotatable bonds is 46. The first-order chi connectivity index (χ1) is 57.6. The molecule has 4 heterocycles. The molecule has 4 aromatic carbocycles. The Balaban J connectivity index is 0.883. The van der Waals surface area contributed by atoms with Crippen LogP contribution in [-0.4, -0.2) is 225 Å². The van der Waals surface area contributed by atoms with E-state index in [-0.39, 0.29) is 134 Å². The Morgan fingerprint density at radius 1 is 0.458 bits per heavy atom. The molecule has 0 fully saturated rings. The van der Waals surface area contributed by atoms with Crippen molar-refractivity contribution in [2.75, 3.05) is 65.1 Å². The van der Waals surface area contributed by atoms with Gasteiger partial charge in [0.1, 0.15) is 60.0 Å². The highest BCUT2D eigenvalue weighted by Gasteiger charge is 2.37. The molecule has 2 aliphatic heterocycles. The topological polar surface area (TPSA) is 448 Å². The highest BCUT2D eigenvalue weighted by Crippen LogP contribution is 2.30. The van der Waals surface area contributed by atoms with Crippen LogP contribution in [0.2, 0.25) is 0 Å². The van der Waals surface area contributed by atoms with E-state index in [1.807, 2.05) is 76.2 Å². The number of H-pyrrole nitrogens is 2. The normalized spacial score (nSPS) is 15.5. The van der Waals surface area contributed by atoms with Crippen molar-refractivity contribution >= 4 is 116 Å². The minimum atomic E-state index is -1.49. The number of hydrogen-bond acceptors (Lipinski definition) is 20. The van der Waals surface area contributed by atoms with Crippen LogP contribution in [-0.2, 0) is 93.2 Å². The number of carbonyl (C=O) groups excluding carboxylic acids is 14. The smallest absolute Gasteiger partial charge is 0.308 e. The number of carbonyl (C=O) groups is 14. The maximum absolute atomic E-state index is 14.8. The number of amides is 12. The van der Waals surface area contributed by atoms with Crippen molar-refractivity contribution in [1.82, 2.24) is 82.1 Å². The van der Waals surface area contributed by atoms with Crippen molar-refractivity contribution in [2.45, 2.75) is 239 Å². The molecule has 12 amide bonds. The van der Waals surface area contributed by atoms with Gasteiger partial charge in [0.2, 0.25) is 59.1 Å². The summed E-state index contributed by atoms with van der Waals surface area (Å²) in [7, 11) is 5.77. The number of methoxy groups -OCH3 is 2. The summed E-state index contributed by atoms with van der Waals surface area (Å²) in [5.74, 6) is -6.98. The first-order valence-electron chi connectivity index (χ1n) is 41.9. The number of aromatic amines is 2. The summed E-state index contributed by atoms with van der Waals surface area (Å²) in [6.07, 6.45) is 3.31. The number of benzene rings is 4. The van der Waals surface area contributed by atoms with E-state index in [1.165, 1.54) is 28.9 Å². The fourth-order valence-electron chi connectivity index (χ4n) is 14.6. The van der Waals surface area contributed by atoms with Crippen molar-refractivity contribution in [1.29, 1.82) is 0 Å². The Kier molecular flexibility index (Phi) is 36.1. The van der Waals surface area contributed by atoms with E-state index in [1.54, 1.807) is 76.2 Å². The van der Waals surface area contributed by atoms with Gasteiger partial charge in [0.25, 0.3) is 11.8 Å². The molecular formula is C86H120N18O16. The lowest BCUT2D eigenvalue weighted by Gasteiger charge is -2.27. The maximum Gasteiger partial charge on any atom is 0.308 e. The summed E-state index contributed by atoms with van der Waals surface area (Å²) < 4.78 is 9.87. The molecule has 34 heteroatoms. The van der Waals surface area contributed by atoms with Crippen molar-refractivity contribution in [2.24, 2.45) is 5.92 Å². The zero-order valence-corrected chi connectivity index (χ0v) is 70.9. The summed E-state index contributed by atoms with van der Waals surface area (Å²) >= 11 is 0. The number of hydrogen-bond donors (Lipinski definition) is 12. The van der Waals surface area contributed by atoms with Gasteiger partial charge < -0.3 is 92.2 Å². The minimum Gasteiger partial charge on any atom is -0.469 e. The second-order valence-electron chi connectivity index (χ2n) is 30.8. The number of nitrogens with one attached hydrogen (secondary N) is 12. The second kappa shape index (κ2) is 46.4. The predicted octanol–water partition coefficient (Wildman–Crippen LogP) is 6.19. The molecule has 650 valence electrons. The molecule has 12 N–H and O–H groups in total. The molecule has 2 aliphatic rings. The molecule has 0 saturated heterocycles. The molecule has 9 atom stereocenters. The van der Waals surface area contributed by atoms with E-state index in [2.05, 4.69) is 73.1 Å². The van der Waals surface area contributed by atoms with Crippen LogP contribution >= 0.6 is 0 Å². The van der Waals surface area contributed by atoms with Gasteiger partial charge in [-0.15, -0.1) is 0 Å². The van der Waals surface area contributed by atoms with Crippen LogP contribution in [0.3, 0.4) is 0 Å². The largest absolute Gasteiger partial charge is 0.469 e. The first kappa shape index (κ1) is 93.5. The van der Waals surface area contributed by atoms with Gasteiger partial charge in [-0.3, -0.25) is 67.1 Å². The van der Waals surface area contributed by atoms with E-state index in [4.69, 9.17) is 9.47 Å². The molecule has 0 spiro atoms. The SMILES string of the molecule is CCC[C@H](NC(=O)CCC(NC(=O)[C@H](CCC)NC(=O)[C@@H](C)CCC)C(=O)N[C@@H](CCC)C(=O)N[C@@H](CCC)C(=O)NCCCN1Cc2cc(C(=O)N(C)Cc3nc4ccccc4[nH]3)ccc2N[C@@H](CC(=O)OC)C1=O)C(=O)N[C@@H](CCC)C(=O)NCCCN1Cc2cc(C(=O)N(C)Cc3nc4ccccc4[nH]3)ccc2N[C@@H](CC(=O)OC)C1=O. The number of ether oxygens (including phenoxy) is 2. The zero-order valence-electron chi connectivity index (χ0n) is 70.9. The van der Waals surface area contributed by atoms with Gasteiger partial charge in [0.15, 0.2) is 0 Å². The van der Waals surface area contributed by atoms with Crippen LogP contribution in [0.1, 0.15) is 208 Å². The lowest BCUT2D eigenvalue weighted by molar-refractivity contribution is -0.144. The van der Waals surface area contributed by atoms with Crippen LogP contribution in [0.25, 0.3) is 22.1 Å². The minimum absolute atomic E-state index is 0.0422. The van der Waals surface area contributed by atoms with Gasteiger partial charge in [0, 0.05) is 88.2 Å². The summed E-state index contributed by atoms with van der Waals surface area (Å²) in [6, 6.07) is 15.9. The molecule has 8 rings (SSSR count). The quantitative estimate of drug-likeness (QED) is 0.0150. The van der Waals surface area contributed by atoms with E-state index >= 15 is 0 Å². The second-order valence-corrected chi connectivity index (χ2v) is 30.8. The van der Waals surface area contributed by atoms with Gasteiger partial charge in [-0.1, -0.05) is 111 Å². The Morgan fingerprint density at radius 2 is 0.808 bits per heavy atom. The third-order valence-electron chi connectivity index (χ3n) is 21.2. The Bertz CT molecular complexity index is 4520. The number of imidazole rings is 2. The molecule has 6 aromatic rings. The fourth-order valence-corrected chi connectivity index (χ4v) is 14.6. The molecular weight excluding hydrogens is 1540 g/mol. The molecule has 0 aliphatic carbocycles. The number of anilines is 2. The van der Waals surface area contributed by atoms with E-state index in [0.29, 0.717) is 90.2 Å². The van der Waals surface area contributed by atoms with Gasteiger partial charge >= 0.3 is 11.9 Å². The Hall–Kier alpha value is -12.0. The van der Waals surface area contributed by atoms with Gasteiger partial charge in [0.05, 0.1) is 62.2 Å². The lowest BCUT2D eigenvalue weighted by atomic mass is 10.0. The van der Waals surface area contributed by atoms with Crippen LogP contribution in [0.4, 0.5) is 11.4 Å². The van der Waals surface area contributed by atoms with Crippen molar-refractivity contribution in [3.05, 3.63) is 119 Å². The predicted molar refractivity (Wildman–Crippen MR) is 450 cm³/mol. The number of esters is 2.